The molecule has 0 aliphatic rings. The van der Waals surface area contributed by atoms with Crippen molar-refractivity contribution in [2.24, 2.45) is 0 Å². The molecule has 0 bridgehead atoms. The standard InChI is InChI=1S/C14H21I/c1-13(2,3)11-8-7-10(15)9-12(11)14(4,5)6/h7-9H,1-6H3. The maximum absolute atomic E-state index is 2.39. The molecule has 0 aromatic heterocycles. The fraction of sp³-hybridized carbons (Fsp3) is 0.571. The summed E-state index contributed by atoms with van der Waals surface area (Å²) in [5, 5.41) is 0. The average molecular weight is 316 g/mol. The lowest BCUT2D eigenvalue weighted by Gasteiger charge is -2.30. The van der Waals surface area contributed by atoms with Crippen molar-refractivity contribution < 1.29 is 0 Å². The minimum atomic E-state index is 0.226. The maximum Gasteiger partial charge on any atom is 0.0133 e. The highest BCUT2D eigenvalue weighted by molar-refractivity contribution is 14.1. The predicted molar refractivity (Wildman–Crippen MR) is 76.6 cm³/mol. The number of halogens is 1. The topological polar surface area (TPSA) is 0 Å². The molecule has 1 aromatic carbocycles. The molecule has 0 saturated carbocycles. The summed E-state index contributed by atoms with van der Waals surface area (Å²) in [6, 6.07) is 6.81. The molecule has 1 heteroatoms. The van der Waals surface area contributed by atoms with Crippen LogP contribution < -0.4 is 0 Å². The minimum absolute atomic E-state index is 0.226. The van der Waals surface area contributed by atoms with Crippen LogP contribution in [0, 0.1) is 3.57 Å². The van der Waals surface area contributed by atoms with Gasteiger partial charge in [-0.15, -0.1) is 0 Å². The van der Waals surface area contributed by atoms with E-state index in [0.717, 1.165) is 0 Å². The summed E-state index contributed by atoms with van der Waals surface area (Å²) >= 11 is 2.39. The van der Waals surface area contributed by atoms with E-state index in [2.05, 4.69) is 82.3 Å². The van der Waals surface area contributed by atoms with Gasteiger partial charge in [0.05, 0.1) is 0 Å². The molecular weight excluding hydrogens is 295 g/mol. The summed E-state index contributed by atoms with van der Waals surface area (Å²) in [4.78, 5) is 0. The molecule has 0 unspecified atom stereocenters. The highest BCUT2D eigenvalue weighted by Crippen LogP contribution is 2.34. The largest absolute Gasteiger partial charge is 0.0572 e. The van der Waals surface area contributed by atoms with Crippen LogP contribution in [0.25, 0.3) is 0 Å². The van der Waals surface area contributed by atoms with Gasteiger partial charge in [-0.05, 0) is 56.7 Å². The third kappa shape index (κ3) is 3.20. The second-order valence-electron chi connectivity index (χ2n) is 6.19. The Kier molecular flexibility index (Phi) is 3.54. The van der Waals surface area contributed by atoms with Crippen molar-refractivity contribution in [3.8, 4) is 0 Å². The summed E-state index contributed by atoms with van der Waals surface area (Å²) in [7, 11) is 0. The molecule has 0 heterocycles. The van der Waals surface area contributed by atoms with Gasteiger partial charge < -0.3 is 0 Å². The fourth-order valence-electron chi connectivity index (χ4n) is 1.79. The lowest BCUT2D eigenvalue weighted by Crippen LogP contribution is -2.22. The summed E-state index contributed by atoms with van der Waals surface area (Å²) in [5.41, 5.74) is 3.40. The first-order chi connectivity index (χ1) is 6.62. The van der Waals surface area contributed by atoms with E-state index in [1.807, 2.05) is 0 Å². The van der Waals surface area contributed by atoms with E-state index in [-0.39, 0.29) is 10.8 Å². The van der Waals surface area contributed by atoms with E-state index in [0.29, 0.717) is 0 Å². The van der Waals surface area contributed by atoms with Crippen molar-refractivity contribution in [2.45, 2.75) is 52.4 Å². The third-order valence-electron chi connectivity index (χ3n) is 2.60. The van der Waals surface area contributed by atoms with E-state index in [1.54, 1.807) is 0 Å². The van der Waals surface area contributed by atoms with Gasteiger partial charge in [0, 0.05) is 3.57 Å². The minimum Gasteiger partial charge on any atom is -0.0572 e. The van der Waals surface area contributed by atoms with E-state index in [4.69, 9.17) is 0 Å². The number of benzene rings is 1. The van der Waals surface area contributed by atoms with E-state index < -0.39 is 0 Å². The zero-order valence-corrected chi connectivity index (χ0v) is 12.8. The van der Waals surface area contributed by atoms with Crippen molar-refractivity contribution >= 4 is 22.6 Å². The van der Waals surface area contributed by atoms with Gasteiger partial charge in [0.15, 0.2) is 0 Å². The van der Waals surface area contributed by atoms with Gasteiger partial charge in [-0.3, -0.25) is 0 Å². The maximum atomic E-state index is 2.39. The summed E-state index contributed by atoms with van der Waals surface area (Å²) < 4.78 is 1.32. The van der Waals surface area contributed by atoms with Crippen LogP contribution >= 0.6 is 22.6 Å². The normalized spacial score (nSPS) is 13.0. The van der Waals surface area contributed by atoms with Crippen molar-refractivity contribution in [3.63, 3.8) is 0 Å². The van der Waals surface area contributed by atoms with Crippen molar-refractivity contribution in [1.29, 1.82) is 0 Å². The van der Waals surface area contributed by atoms with Gasteiger partial charge in [-0.1, -0.05) is 47.6 Å². The van der Waals surface area contributed by atoms with E-state index in [1.165, 1.54) is 14.7 Å². The van der Waals surface area contributed by atoms with Crippen LogP contribution in [0.2, 0.25) is 0 Å². The van der Waals surface area contributed by atoms with Gasteiger partial charge >= 0.3 is 0 Å². The first-order valence-corrected chi connectivity index (χ1v) is 6.51. The smallest absolute Gasteiger partial charge is 0.0133 e. The van der Waals surface area contributed by atoms with Gasteiger partial charge in [0.1, 0.15) is 0 Å². The Morgan fingerprint density at radius 1 is 0.800 bits per heavy atom. The van der Waals surface area contributed by atoms with Crippen LogP contribution in [-0.4, -0.2) is 0 Å². The molecular formula is C14H21I. The van der Waals surface area contributed by atoms with Crippen molar-refractivity contribution in [1.82, 2.24) is 0 Å². The molecule has 0 spiro atoms. The predicted octanol–water partition coefficient (Wildman–Crippen LogP) is 4.89. The summed E-state index contributed by atoms with van der Waals surface area (Å²) in [6.07, 6.45) is 0. The third-order valence-corrected chi connectivity index (χ3v) is 3.27. The quantitative estimate of drug-likeness (QED) is 0.598. The van der Waals surface area contributed by atoms with E-state index >= 15 is 0 Å². The Balaban J connectivity index is 3.41. The van der Waals surface area contributed by atoms with Crippen LogP contribution in [0.3, 0.4) is 0 Å². The lowest BCUT2D eigenvalue weighted by molar-refractivity contribution is 0.530. The van der Waals surface area contributed by atoms with Gasteiger partial charge in [0.25, 0.3) is 0 Å². The monoisotopic (exact) mass is 316 g/mol. The molecule has 84 valence electrons. The van der Waals surface area contributed by atoms with Crippen LogP contribution in [0.5, 0.6) is 0 Å². The summed E-state index contributed by atoms with van der Waals surface area (Å²) in [5.74, 6) is 0. The first-order valence-electron chi connectivity index (χ1n) is 5.43. The van der Waals surface area contributed by atoms with Crippen LogP contribution in [-0.2, 0) is 10.8 Å². The van der Waals surface area contributed by atoms with Gasteiger partial charge in [-0.25, -0.2) is 0 Å². The van der Waals surface area contributed by atoms with Crippen LogP contribution in [0.1, 0.15) is 52.7 Å². The SMILES string of the molecule is CC(C)(C)c1ccc(I)cc1C(C)(C)C. The second-order valence-corrected chi connectivity index (χ2v) is 7.44. The molecule has 0 atom stereocenters. The highest BCUT2D eigenvalue weighted by Gasteiger charge is 2.24. The summed E-state index contributed by atoms with van der Waals surface area (Å²) in [6.45, 7) is 13.7. The zero-order valence-electron chi connectivity index (χ0n) is 10.6. The van der Waals surface area contributed by atoms with Crippen molar-refractivity contribution in [3.05, 3.63) is 32.9 Å². The molecule has 15 heavy (non-hydrogen) atoms. The Hall–Kier alpha value is -0.0500. The molecule has 0 aliphatic heterocycles. The Bertz CT molecular complexity index is 351. The molecule has 0 amide bonds. The average Bonchev–Trinajstić information content (AvgIpc) is 2.00. The molecule has 0 saturated heterocycles. The molecule has 0 aliphatic carbocycles. The van der Waals surface area contributed by atoms with E-state index in [9.17, 15) is 0 Å². The van der Waals surface area contributed by atoms with Crippen LogP contribution in [0.4, 0.5) is 0 Å². The molecule has 0 fully saturated rings. The van der Waals surface area contributed by atoms with Gasteiger partial charge in [-0.2, -0.15) is 0 Å². The Labute approximate surface area is 108 Å². The number of hydrogen-bond donors (Lipinski definition) is 0. The molecule has 0 radical (unpaired) electrons. The molecule has 1 rings (SSSR count). The number of hydrogen-bond acceptors (Lipinski definition) is 0. The molecule has 0 N–H and O–H groups in total. The zero-order chi connectivity index (χ0) is 11.9. The fourth-order valence-corrected chi connectivity index (χ4v) is 2.28. The number of rotatable bonds is 0. The lowest BCUT2D eigenvalue weighted by atomic mass is 9.75. The molecule has 1 aromatic rings. The molecule has 0 nitrogen and oxygen atoms in total. The Morgan fingerprint density at radius 2 is 1.27 bits per heavy atom. The second kappa shape index (κ2) is 4.08. The Morgan fingerprint density at radius 3 is 1.67 bits per heavy atom. The highest BCUT2D eigenvalue weighted by atomic mass is 127. The van der Waals surface area contributed by atoms with Gasteiger partial charge in [0.2, 0.25) is 0 Å². The van der Waals surface area contributed by atoms with Crippen molar-refractivity contribution in [2.75, 3.05) is 0 Å². The first kappa shape index (κ1) is 13.0. The van der Waals surface area contributed by atoms with Crippen LogP contribution in [0.15, 0.2) is 18.2 Å².